The van der Waals surface area contributed by atoms with E-state index in [0.29, 0.717) is 11.3 Å². The number of rotatable bonds is 6. The van der Waals surface area contributed by atoms with Gasteiger partial charge in [0.1, 0.15) is 0 Å². The third-order valence-electron chi connectivity index (χ3n) is 2.83. The summed E-state index contributed by atoms with van der Waals surface area (Å²) in [6, 6.07) is 5.63. The molecule has 1 aromatic carbocycles. The van der Waals surface area contributed by atoms with Crippen LogP contribution in [0.5, 0.6) is 0 Å². The molecule has 0 saturated carbocycles. The van der Waals surface area contributed by atoms with Crippen LogP contribution in [0, 0.1) is 0 Å². The predicted molar refractivity (Wildman–Crippen MR) is 77.9 cm³/mol. The fourth-order valence-corrected chi connectivity index (χ4v) is 1.66. The number of hydrogen-bond acceptors (Lipinski definition) is 4. The number of carboxylic acid groups (broad SMARTS) is 1. The Morgan fingerprint density at radius 2 is 1.90 bits per heavy atom. The monoisotopic (exact) mass is 293 g/mol. The minimum absolute atomic E-state index is 0.0327. The van der Waals surface area contributed by atoms with Gasteiger partial charge in [-0.3, -0.25) is 14.4 Å². The lowest BCUT2D eigenvalue weighted by Crippen LogP contribution is -2.36. The van der Waals surface area contributed by atoms with Crippen molar-refractivity contribution in [3.05, 3.63) is 29.8 Å². The molecule has 4 N–H and O–H groups in total. The fraction of sp³-hybridized carbons (Fsp3) is 0.357. The lowest BCUT2D eigenvalue weighted by atomic mass is 10.1. The molecule has 114 valence electrons. The highest BCUT2D eigenvalue weighted by molar-refractivity contribution is 6.04. The topological polar surface area (TPSA) is 113 Å². The first-order valence-corrected chi connectivity index (χ1v) is 6.42. The maximum absolute atomic E-state index is 12.0. The second-order valence-electron chi connectivity index (χ2n) is 4.77. The molecule has 1 rings (SSSR count). The molecule has 0 aliphatic rings. The molecule has 21 heavy (non-hydrogen) atoms. The summed E-state index contributed by atoms with van der Waals surface area (Å²) in [5, 5.41) is 11.1. The van der Waals surface area contributed by atoms with E-state index in [9.17, 15) is 14.4 Å². The molecule has 0 aliphatic carbocycles. The predicted octanol–water partition coefficient (Wildman–Crippen LogP) is 0.519. The van der Waals surface area contributed by atoms with E-state index in [1.165, 1.54) is 4.90 Å². The molecule has 1 unspecified atom stereocenters. The molecule has 0 aromatic heterocycles. The molecule has 0 saturated heterocycles. The van der Waals surface area contributed by atoms with Crippen molar-refractivity contribution in [2.24, 2.45) is 5.73 Å². The summed E-state index contributed by atoms with van der Waals surface area (Å²) in [5.74, 6) is -1.78. The maximum atomic E-state index is 12.0. The molecule has 2 amide bonds. The number of carboxylic acids is 1. The molecule has 7 heteroatoms. The zero-order valence-electron chi connectivity index (χ0n) is 12.0. The number of nitrogens with two attached hydrogens (primary N) is 1. The number of carbonyl (C=O) groups is 3. The van der Waals surface area contributed by atoms with Gasteiger partial charge in [0.25, 0.3) is 5.91 Å². The lowest BCUT2D eigenvalue weighted by molar-refractivity contribution is -0.137. The Balaban J connectivity index is 2.81. The maximum Gasteiger partial charge on any atom is 0.303 e. The molecule has 0 aliphatic heterocycles. The molecule has 7 nitrogen and oxygen atoms in total. The Morgan fingerprint density at radius 1 is 1.29 bits per heavy atom. The van der Waals surface area contributed by atoms with Crippen molar-refractivity contribution in [3.8, 4) is 0 Å². The molecule has 1 atom stereocenters. The Labute approximate surface area is 122 Å². The first kappa shape index (κ1) is 16.6. The van der Waals surface area contributed by atoms with Crippen molar-refractivity contribution in [1.82, 2.24) is 4.90 Å². The zero-order chi connectivity index (χ0) is 16.0. The number of aliphatic carboxylic acids is 1. The number of anilines is 1. The van der Waals surface area contributed by atoms with Crippen molar-refractivity contribution in [2.45, 2.75) is 18.9 Å². The summed E-state index contributed by atoms with van der Waals surface area (Å²) < 4.78 is 0. The standard InChI is InChI=1S/C14H19N3O4/c1-17(2)14(21)9-5-3-4-6-11(9)16-13(20)10(15)7-8-12(18)19/h3-6,10H,7-8,15H2,1-2H3,(H,16,20)(H,18,19). The van der Waals surface area contributed by atoms with E-state index in [1.54, 1.807) is 38.4 Å². The highest BCUT2D eigenvalue weighted by Gasteiger charge is 2.18. The average Bonchev–Trinajstić information content (AvgIpc) is 2.44. The van der Waals surface area contributed by atoms with E-state index in [4.69, 9.17) is 10.8 Å². The van der Waals surface area contributed by atoms with Crippen molar-refractivity contribution in [2.75, 3.05) is 19.4 Å². The second kappa shape index (κ2) is 7.39. The molecule has 0 fully saturated rings. The van der Waals surface area contributed by atoms with Crippen LogP contribution in [0.25, 0.3) is 0 Å². The second-order valence-corrected chi connectivity index (χ2v) is 4.77. The third-order valence-corrected chi connectivity index (χ3v) is 2.83. The van der Waals surface area contributed by atoms with Crippen LogP contribution in [-0.2, 0) is 9.59 Å². The van der Waals surface area contributed by atoms with Gasteiger partial charge in [0, 0.05) is 20.5 Å². The summed E-state index contributed by atoms with van der Waals surface area (Å²) in [4.78, 5) is 35.8. The van der Waals surface area contributed by atoms with Gasteiger partial charge in [0.15, 0.2) is 0 Å². The van der Waals surface area contributed by atoms with E-state index in [2.05, 4.69) is 5.32 Å². The highest BCUT2D eigenvalue weighted by Crippen LogP contribution is 2.17. The van der Waals surface area contributed by atoms with Gasteiger partial charge in [-0.2, -0.15) is 0 Å². The smallest absolute Gasteiger partial charge is 0.303 e. The number of carbonyl (C=O) groups excluding carboxylic acids is 2. The Bertz CT molecular complexity index is 543. The van der Waals surface area contributed by atoms with Crippen molar-refractivity contribution < 1.29 is 19.5 Å². The largest absolute Gasteiger partial charge is 0.481 e. The zero-order valence-corrected chi connectivity index (χ0v) is 12.0. The summed E-state index contributed by atoms with van der Waals surface area (Å²) in [6.07, 6.45) is -0.155. The number of amides is 2. The van der Waals surface area contributed by atoms with Crippen LogP contribution >= 0.6 is 0 Å². The van der Waals surface area contributed by atoms with Gasteiger partial charge in [-0.15, -0.1) is 0 Å². The van der Waals surface area contributed by atoms with Gasteiger partial charge in [-0.05, 0) is 18.6 Å². The van der Waals surface area contributed by atoms with Gasteiger partial charge < -0.3 is 21.1 Å². The van der Waals surface area contributed by atoms with Gasteiger partial charge in [0.2, 0.25) is 5.91 Å². The minimum Gasteiger partial charge on any atom is -0.481 e. The van der Waals surface area contributed by atoms with Crippen LogP contribution in [0.4, 0.5) is 5.69 Å². The average molecular weight is 293 g/mol. The Morgan fingerprint density at radius 3 is 2.48 bits per heavy atom. The summed E-state index contributed by atoms with van der Waals surface area (Å²) in [5.41, 5.74) is 6.33. The van der Waals surface area contributed by atoms with Crippen molar-refractivity contribution in [3.63, 3.8) is 0 Å². The molecule has 0 heterocycles. The molecular formula is C14H19N3O4. The summed E-state index contributed by atoms with van der Waals surface area (Å²) in [6.45, 7) is 0. The van der Waals surface area contributed by atoms with Crippen molar-refractivity contribution in [1.29, 1.82) is 0 Å². The number of nitrogens with one attached hydrogen (secondary N) is 1. The Hall–Kier alpha value is -2.41. The van der Waals surface area contributed by atoms with E-state index >= 15 is 0 Å². The normalized spacial score (nSPS) is 11.6. The van der Waals surface area contributed by atoms with Crippen LogP contribution in [0.1, 0.15) is 23.2 Å². The number of para-hydroxylation sites is 1. The fourth-order valence-electron chi connectivity index (χ4n) is 1.66. The van der Waals surface area contributed by atoms with Crippen LogP contribution in [0.2, 0.25) is 0 Å². The van der Waals surface area contributed by atoms with Crippen molar-refractivity contribution >= 4 is 23.5 Å². The van der Waals surface area contributed by atoms with Gasteiger partial charge in [-0.25, -0.2) is 0 Å². The van der Waals surface area contributed by atoms with Crippen LogP contribution in [0.15, 0.2) is 24.3 Å². The summed E-state index contributed by atoms with van der Waals surface area (Å²) >= 11 is 0. The van der Waals surface area contributed by atoms with E-state index in [-0.39, 0.29) is 18.7 Å². The quantitative estimate of drug-likeness (QED) is 0.707. The molecule has 0 radical (unpaired) electrons. The van der Waals surface area contributed by atoms with Crippen LogP contribution in [0.3, 0.4) is 0 Å². The summed E-state index contributed by atoms with van der Waals surface area (Å²) in [7, 11) is 3.22. The van der Waals surface area contributed by atoms with E-state index in [1.807, 2.05) is 0 Å². The minimum atomic E-state index is -1.01. The third kappa shape index (κ3) is 4.88. The first-order valence-electron chi connectivity index (χ1n) is 6.42. The van der Waals surface area contributed by atoms with Crippen LogP contribution < -0.4 is 11.1 Å². The molecular weight excluding hydrogens is 274 g/mol. The Kier molecular flexibility index (Phi) is 5.86. The molecule has 0 spiro atoms. The van der Waals surface area contributed by atoms with Gasteiger partial charge in [-0.1, -0.05) is 12.1 Å². The number of nitrogens with zero attached hydrogens (tertiary/aromatic N) is 1. The number of benzene rings is 1. The van der Waals surface area contributed by atoms with E-state index in [0.717, 1.165) is 0 Å². The van der Waals surface area contributed by atoms with E-state index < -0.39 is 17.9 Å². The highest BCUT2D eigenvalue weighted by atomic mass is 16.4. The van der Waals surface area contributed by atoms with Crippen LogP contribution in [-0.4, -0.2) is 47.9 Å². The van der Waals surface area contributed by atoms with Gasteiger partial charge in [0.05, 0.1) is 17.3 Å². The molecule has 1 aromatic rings. The number of hydrogen-bond donors (Lipinski definition) is 3. The van der Waals surface area contributed by atoms with Gasteiger partial charge >= 0.3 is 5.97 Å². The lowest BCUT2D eigenvalue weighted by Gasteiger charge is -2.16. The first-order chi connectivity index (χ1) is 9.82. The molecule has 0 bridgehead atoms. The SMILES string of the molecule is CN(C)C(=O)c1ccccc1NC(=O)C(N)CCC(=O)O.